The van der Waals surface area contributed by atoms with Crippen LogP contribution >= 0.6 is 0 Å². The number of nitrogens with one attached hydrogen (secondary N) is 1. The summed E-state index contributed by atoms with van der Waals surface area (Å²) < 4.78 is 40.7. The van der Waals surface area contributed by atoms with Crippen LogP contribution in [0, 0.1) is 12.3 Å². The van der Waals surface area contributed by atoms with E-state index in [2.05, 4.69) is 10.3 Å². The van der Waals surface area contributed by atoms with E-state index in [9.17, 15) is 18.0 Å². The smallest absolute Gasteiger partial charge is 0.342 e. The third kappa shape index (κ3) is 5.16. The van der Waals surface area contributed by atoms with Gasteiger partial charge in [0.1, 0.15) is 5.82 Å². The quantitative estimate of drug-likeness (QED) is 0.600. The van der Waals surface area contributed by atoms with Crippen LogP contribution in [0.15, 0.2) is 42.6 Å². The van der Waals surface area contributed by atoms with Gasteiger partial charge in [-0.1, -0.05) is 32.9 Å². The highest BCUT2D eigenvalue weighted by Gasteiger charge is 2.30. The maximum atomic E-state index is 13.0. The molecular formula is C22H24F3N3O. The molecule has 0 radical (unpaired) electrons. The summed E-state index contributed by atoms with van der Waals surface area (Å²) in [4.78, 5) is 16.8. The van der Waals surface area contributed by atoms with Crippen molar-refractivity contribution in [3.8, 4) is 0 Å². The molecule has 2 aromatic heterocycles. The SMILES string of the molecule is Cc1cc2c(ccn2Cc2cccc(C(F)(F)F)c2)nc1NC(=O)CC(C)(C)C. The van der Waals surface area contributed by atoms with Gasteiger partial charge in [-0.15, -0.1) is 0 Å². The lowest BCUT2D eigenvalue weighted by molar-refractivity contribution is -0.137. The van der Waals surface area contributed by atoms with Gasteiger partial charge < -0.3 is 9.88 Å². The largest absolute Gasteiger partial charge is 0.416 e. The van der Waals surface area contributed by atoms with Gasteiger partial charge in [0.25, 0.3) is 0 Å². The minimum atomic E-state index is -4.37. The third-order valence-electron chi connectivity index (χ3n) is 4.50. The molecule has 2 heterocycles. The Kier molecular flexibility index (Phi) is 5.43. The monoisotopic (exact) mass is 403 g/mol. The molecule has 0 bridgehead atoms. The molecule has 0 spiro atoms. The number of benzene rings is 1. The Morgan fingerprint density at radius 3 is 2.52 bits per heavy atom. The highest BCUT2D eigenvalue weighted by atomic mass is 19.4. The van der Waals surface area contributed by atoms with E-state index in [0.717, 1.165) is 23.2 Å². The zero-order chi connectivity index (χ0) is 21.4. The van der Waals surface area contributed by atoms with Crippen molar-refractivity contribution in [3.05, 3.63) is 59.3 Å². The van der Waals surface area contributed by atoms with Crippen LogP contribution in [0.1, 0.15) is 43.9 Å². The molecule has 1 amide bonds. The zero-order valence-electron chi connectivity index (χ0n) is 16.9. The van der Waals surface area contributed by atoms with E-state index in [1.54, 1.807) is 18.3 Å². The number of carbonyl (C=O) groups is 1. The third-order valence-corrected chi connectivity index (χ3v) is 4.50. The summed E-state index contributed by atoms with van der Waals surface area (Å²) in [7, 11) is 0. The first-order chi connectivity index (χ1) is 13.4. The first-order valence-corrected chi connectivity index (χ1v) is 9.35. The maximum absolute atomic E-state index is 13.0. The van der Waals surface area contributed by atoms with Crippen molar-refractivity contribution in [2.24, 2.45) is 5.41 Å². The average Bonchev–Trinajstić information content (AvgIpc) is 2.95. The van der Waals surface area contributed by atoms with Gasteiger partial charge in [0.15, 0.2) is 0 Å². The van der Waals surface area contributed by atoms with Crippen LogP contribution in [-0.4, -0.2) is 15.5 Å². The highest BCUT2D eigenvalue weighted by molar-refractivity contribution is 5.92. The van der Waals surface area contributed by atoms with Gasteiger partial charge in [0, 0.05) is 19.2 Å². The number of aryl methyl sites for hydroxylation is 1. The van der Waals surface area contributed by atoms with Crippen molar-refractivity contribution in [1.29, 1.82) is 0 Å². The Labute approximate surface area is 167 Å². The Bertz CT molecular complexity index is 1050. The molecule has 0 unspecified atom stereocenters. The Morgan fingerprint density at radius 1 is 1.14 bits per heavy atom. The number of nitrogens with zero attached hydrogens (tertiary/aromatic N) is 2. The fraction of sp³-hybridized carbons (Fsp3) is 0.364. The Morgan fingerprint density at radius 2 is 1.86 bits per heavy atom. The summed E-state index contributed by atoms with van der Waals surface area (Å²) in [5, 5.41) is 2.86. The van der Waals surface area contributed by atoms with E-state index in [4.69, 9.17) is 0 Å². The van der Waals surface area contributed by atoms with E-state index < -0.39 is 11.7 Å². The molecule has 1 N–H and O–H groups in total. The lowest BCUT2D eigenvalue weighted by Crippen LogP contribution is -2.20. The molecule has 4 nitrogen and oxygen atoms in total. The Balaban J connectivity index is 1.85. The molecule has 29 heavy (non-hydrogen) atoms. The summed E-state index contributed by atoms with van der Waals surface area (Å²) >= 11 is 0. The van der Waals surface area contributed by atoms with Crippen molar-refractivity contribution in [2.75, 3.05) is 5.32 Å². The molecule has 0 saturated carbocycles. The summed E-state index contributed by atoms with van der Waals surface area (Å²) in [6.07, 6.45) is -2.20. The van der Waals surface area contributed by atoms with Gasteiger partial charge in [-0.05, 0) is 47.7 Å². The summed E-state index contributed by atoms with van der Waals surface area (Å²) in [5.74, 6) is 0.402. The minimum absolute atomic E-state index is 0.101. The standard InChI is InChI=1S/C22H24F3N3O/c1-14-10-18-17(26-20(14)27-19(29)12-21(2,3)4)8-9-28(18)13-15-6-5-7-16(11-15)22(23,24)25/h5-11H,12-13H2,1-4H3,(H,26,27,29). The number of pyridine rings is 1. The van der Waals surface area contributed by atoms with Crippen molar-refractivity contribution < 1.29 is 18.0 Å². The second kappa shape index (κ2) is 7.54. The molecule has 3 rings (SSSR count). The van der Waals surface area contributed by atoms with Crippen LogP contribution in [0.2, 0.25) is 0 Å². The number of halogens is 3. The van der Waals surface area contributed by atoms with Crippen LogP contribution in [0.4, 0.5) is 19.0 Å². The molecule has 154 valence electrons. The molecule has 0 aliphatic heterocycles. The molecule has 0 aliphatic rings. The number of alkyl halides is 3. The number of anilines is 1. The van der Waals surface area contributed by atoms with Crippen LogP contribution in [0.3, 0.4) is 0 Å². The fourth-order valence-electron chi connectivity index (χ4n) is 3.17. The second-order valence-electron chi connectivity index (χ2n) is 8.49. The number of fused-ring (bicyclic) bond motifs is 1. The number of amides is 1. The van der Waals surface area contributed by atoms with Gasteiger partial charge in [0.2, 0.25) is 5.91 Å². The van der Waals surface area contributed by atoms with Gasteiger partial charge in [0.05, 0.1) is 16.6 Å². The average molecular weight is 403 g/mol. The van der Waals surface area contributed by atoms with Crippen LogP contribution < -0.4 is 5.32 Å². The summed E-state index contributed by atoms with van der Waals surface area (Å²) in [6, 6.07) is 8.99. The summed E-state index contributed by atoms with van der Waals surface area (Å²) in [6.45, 7) is 8.11. The molecule has 7 heteroatoms. The van der Waals surface area contributed by atoms with Crippen LogP contribution in [0.5, 0.6) is 0 Å². The van der Waals surface area contributed by atoms with E-state index in [0.29, 0.717) is 29.9 Å². The number of rotatable bonds is 4. The zero-order valence-corrected chi connectivity index (χ0v) is 16.9. The Hall–Kier alpha value is -2.83. The van der Waals surface area contributed by atoms with Gasteiger partial charge >= 0.3 is 6.18 Å². The number of hydrogen-bond donors (Lipinski definition) is 1. The number of aromatic nitrogens is 2. The first-order valence-electron chi connectivity index (χ1n) is 9.35. The highest BCUT2D eigenvalue weighted by Crippen LogP contribution is 2.30. The molecular weight excluding hydrogens is 379 g/mol. The van der Waals surface area contributed by atoms with Crippen LogP contribution in [-0.2, 0) is 17.5 Å². The van der Waals surface area contributed by atoms with E-state index in [1.165, 1.54) is 6.07 Å². The van der Waals surface area contributed by atoms with Gasteiger partial charge in [-0.25, -0.2) is 4.98 Å². The minimum Gasteiger partial charge on any atom is -0.342 e. The summed E-state index contributed by atoms with van der Waals surface area (Å²) in [5.41, 5.74) is 2.03. The van der Waals surface area contributed by atoms with Crippen molar-refractivity contribution in [3.63, 3.8) is 0 Å². The second-order valence-corrected chi connectivity index (χ2v) is 8.49. The number of carbonyl (C=O) groups excluding carboxylic acids is 1. The molecule has 0 fully saturated rings. The predicted molar refractivity (Wildman–Crippen MR) is 108 cm³/mol. The molecule has 0 atom stereocenters. The van der Waals surface area contributed by atoms with Gasteiger partial charge in [-0.2, -0.15) is 13.2 Å². The van der Waals surface area contributed by atoms with E-state index >= 15 is 0 Å². The van der Waals surface area contributed by atoms with Crippen molar-refractivity contribution >= 4 is 22.8 Å². The topological polar surface area (TPSA) is 46.9 Å². The van der Waals surface area contributed by atoms with E-state index in [1.807, 2.05) is 38.3 Å². The lowest BCUT2D eigenvalue weighted by atomic mass is 9.92. The van der Waals surface area contributed by atoms with Gasteiger partial charge in [-0.3, -0.25) is 4.79 Å². The van der Waals surface area contributed by atoms with Crippen LogP contribution in [0.25, 0.3) is 11.0 Å². The first kappa shape index (κ1) is 20.9. The number of hydrogen-bond acceptors (Lipinski definition) is 2. The normalized spacial score (nSPS) is 12.4. The van der Waals surface area contributed by atoms with E-state index in [-0.39, 0.29) is 11.3 Å². The molecule has 3 aromatic rings. The predicted octanol–water partition coefficient (Wildman–Crippen LogP) is 5.79. The lowest BCUT2D eigenvalue weighted by Gasteiger charge is -2.17. The van der Waals surface area contributed by atoms with Crippen molar-refractivity contribution in [2.45, 2.75) is 46.8 Å². The maximum Gasteiger partial charge on any atom is 0.416 e. The van der Waals surface area contributed by atoms with Crippen molar-refractivity contribution in [1.82, 2.24) is 9.55 Å². The molecule has 1 aromatic carbocycles. The fourth-order valence-corrected chi connectivity index (χ4v) is 3.17. The molecule has 0 saturated heterocycles. The molecule has 0 aliphatic carbocycles.